The van der Waals surface area contributed by atoms with Crippen molar-refractivity contribution in [3.63, 3.8) is 0 Å². The molecule has 0 fully saturated rings. The van der Waals surface area contributed by atoms with Gasteiger partial charge in [-0.2, -0.15) is 5.26 Å². The van der Waals surface area contributed by atoms with Crippen molar-refractivity contribution in [3.8, 4) is 6.07 Å². The third-order valence-corrected chi connectivity index (χ3v) is 2.10. The van der Waals surface area contributed by atoms with Gasteiger partial charge in [-0.1, -0.05) is 11.6 Å². The smallest absolute Gasteiger partial charge is 0.350 e. The van der Waals surface area contributed by atoms with Gasteiger partial charge >= 0.3 is 5.97 Å². The van der Waals surface area contributed by atoms with Crippen LogP contribution in [-0.4, -0.2) is 12.6 Å². The van der Waals surface area contributed by atoms with Gasteiger partial charge in [-0.15, -0.1) is 0 Å². The van der Waals surface area contributed by atoms with E-state index in [0.29, 0.717) is 5.02 Å². The molecule has 0 aliphatic rings. The number of rotatable bonds is 4. The summed E-state index contributed by atoms with van der Waals surface area (Å²) in [5.41, 5.74) is 0.647. The second-order valence-electron chi connectivity index (χ2n) is 3.04. The van der Waals surface area contributed by atoms with Crippen LogP contribution in [0.5, 0.6) is 0 Å². The molecule has 0 spiro atoms. The molecule has 0 saturated heterocycles. The highest BCUT2D eigenvalue weighted by molar-refractivity contribution is 6.30. The number of ether oxygens (including phenoxy) is 1. The van der Waals surface area contributed by atoms with Crippen LogP contribution >= 0.6 is 11.6 Å². The largest absolute Gasteiger partial charge is 0.462 e. The summed E-state index contributed by atoms with van der Waals surface area (Å²) in [6.45, 7) is 1.91. The van der Waals surface area contributed by atoms with Crippen LogP contribution in [0.3, 0.4) is 0 Å². The fourth-order valence-corrected chi connectivity index (χ4v) is 1.17. The van der Waals surface area contributed by atoms with Crippen LogP contribution in [0.1, 0.15) is 6.92 Å². The molecule has 1 rings (SSSR count). The molecule has 0 heterocycles. The quantitative estimate of drug-likeness (QED) is 0.507. The second kappa shape index (κ2) is 6.56. The van der Waals surface area contributed by atoms with Crippen LogP contribution < -0.4 is 5.32 Å². The summed E-state index contributed by atoms with van der Waals surface area (Å²) in [6.07, 6.45) is 1.31. The molecular weight excluding hydrogens is 240 g/mol. The highest BCUT2D eigenvalue weighted by atomic mass is 35.5. The van der Waals surface area contributed by atoms with E-state index in [1.807, 2.05) is 0 Å². The van der Waals surface area contributed by atoms with Gasteiger partial charge in [0, 0.05) is 16.9 Å². The molecule has 17 heavy (non-hydrogen) atoms. The number of nitrogens with one attached hydrogen (secondary N) is 1. The highest BCUT2D eigenvalue weighted by Gasteiger charge is 2.08. The summed E-state index contributed by atoms with van der Waals surface area (Å²) in [6, 6.07) is 8.64. The van der Waals surface area contributed by atoms with Gasteiger partial charge in [-0.25, -0.2) is 4.79 Å². The Kier molecular flexibility index (Phi) is 5.05. The molecule has 5 heteroatoms. The summed E-state index contributed by atoms with van der Waals surface area (Å²) in [5.74, 6) is -0.642. The molecule has 0 aliphatic carbocycles. The van der Waals surface area contributed by atoms with Gasteiger partial charge in [0.15, 0.2) is 5.57 Å². The molecule has 0 unspecified atom stereocenters. The molecule has 0 aromatic heterocycles. The van der Waals surface area contributed by atoms with Gasteiger partial charge in [0.25, 0.3) is 0 Å². The molecule has 1 aromatic carbocycles. The number of nitrogens with zero attached hydrogens (tertiary/aromatic N) is 1. The minimum absolute atomic E-state index is 0.0817. The van der Waals surface area contributed by atoms with Crippen molar-refractivity contribution in [3.05, 3.63) is 41.1 Å². The van der Waals surface area contributed by atoms with E-state index in [0.717, 1.165) is 5.69 Å². The zero-order valence-corrected chi connectivity index (χ0v) is 9.99. The average molecular weight is 251 g/mol. The molecular formula is C12H11ClN2O2. The molecule has 0 radical (unpaired) electrons. The van der Waals surface area contributed by atoms with Gasteiger partial charge in [-0.3, -0.25) is 0 Å². The van der Waals surface area contributed by atoms with E-state index in [1.165, 1.54) is 6.20 Å². The maximum absolute atomic E-state index is 11.3. The summed E-state index contributed by atoms with van der Waals surface area (Å²) < 4.78 is 4.71. The van der Waals surface area contributed by atoms with E-state index >= 15 is 0 Å². The van der Waals surface area contributed by atoms with Crippen LogP contribution in [-0.2, 0) is 9.53 Å². The Morgan fingerprint density at radius 1 is 1.53 bits per heavy atom. The summed E-state index contributed by atoms with van der Waals surface area (Å²) >= 11 is 5.72. The Morgan fingerprint density at radius 3 is 2.71 bits per heavy atom. The van der Waals surface area contributed by atoms with Crippen LogP contribution in [0, 0.1) is 11.3 Å². The van der Waals surface area contributed by atoms with Gasteiger partial charge < -0.3 is 10.1 Å². The van der Waals surface area contributed by atoms with Crippen LogP contribution in [0.25, 0.3) is 0 Å². The number of hydrogen-bond donors (Lipinski definition) is 1. The Morgan fingerprint density at radius 2 is 2.18 bits per heavy atom. The van der Waals surface area contributed by atoms with E-state index in [-0.39, 0.29) is 12.2 Å². The number of anilines is 1. The lowest BCUT2D eigenvalue weighted by Gasteiger charge is -2.02. The molecule has 4 nitrogen and oxygen atoms in total. The molecule has 0 amide bonds. The minimum Gasteiger partial charge on any atom is -0.462 e. The third-order valence-electron chi connectivity index (χ3n) is 1.84. The van der Waals surface area contributed by atoms with Crippen LogP contribution in [0.4, 0.5) is 5.69 Å². The van der Waals surface area contributed by atoms with Gasteiger partial charge in [0.05, 0.1) is 6.61 Å². The predicted octanol–water partition coefficient (Wildman–Crippen LogP) is 2.72. The monoisotopic (exact) mass is 250 g/mol. The minimum atomic E-state index is -0.642. The maximum Gasteiger partial charge on any atom is 0.350 e. The van der Waals surface area contributed by atoms with Crippen LogP contribution in [0.2, 0.25) is 5.02 Å². The van der Waals surface area contributed by atoms with Crippen molar-refractivity contribution in [1.82, 2.24) is 0 Å². The molecule has 1 aromatic rings. The SMILES string of the molecule is CCOC(=O)/C(C#N)=C\Nc1ccc(Cl)cc1. The first kappa shape index (κ1) is 13.1. The number of carbonyl (C=O) groups excluding carboxylic acids is 1. The Balaban J connectivity index is 2.71. The standard InChI is InChI=1S/C12H11ClN2O2/c1-2-17-12(16)9(7-14)8-15-11-5-3-10(13)4-6-11/h3-6,8,15H,2H2,1H3/b9-8-. The second-order valence-corrected chi connectivity index (χ2v) is 3.48. The fourth-order valence-electron chi connectivity index (χ4n) is 1.05. The van der Waals surface area contributed by atoms with Crippen molar-refractivity contribution in [2.24, 2.45) is 0 Å². The number of benzene rings is 1. The average Bonchev–Trinajstić information content (AvgIpc) is 2.32. The van der Waals surface area contributed by atoms with E-state index < -0.39 is 5.97 Å². The predicted molar refractivity (Wildman–Crippen MR) is 65.4 cm³/mol. The molecule has 88 valence electrons. The first-order valence-electron chi connectivity index (χ1n) is 4.97. The first-order valence-corrected chi connectivity index (χ1v) is 5.34. The van der Waals surface area contributed by atoms with E-state index in [9.17, 15) is 4.79 Å². The number of hydrogen-bond acceptors (Lipinski definition) is 4. The van der Waals surface area contributed by atoms with Crippen molar-refractivity contribution in [2.75, 3.05) is 11.9 Å². The number of nitriles is 1. The molecule has 0 saturated carbocycles. The van der Waals surface area contributed by atoms with E-state index in [2.05, 4.69) is 5.32 Å². The lowest BCUT2D eigenvalue weighted by atomic mass is 10.3. The lowest BCUT2D eigenvalue weighted by molar-refractivity contribution is -0.138. The number of esters is 1. The third kappa shape index (κ3) is 4.17. The molecule has 1 N–H and O–H groups in total. The topological polar surface area (TPSA) is 62.1 Å². The van der Waals surface area contributed by atoms with Crippen LogP contribution in [0.15, 0.2) is 36.0 Å². The highest BCUT2D eigenvalue weighted by Crippen LogP contribution is 2.13. The molecule has 0 atom stereocenters. The number of halogens is 1. The Hall–Kier alpha value is -1.99. The van der Waals surface area contributed by atoms with Gasteiger partial charge in [0.1, 0.15) is 6.07 Å². The van der Waals surface area contributed by atoms with Crippen molar-refractivity contribution < 1.29 is 9.53 Å². The summed E-state index contributed by atoms with van der Waals surface area (Å²) in [4.78, 5) is 11.3. The first-order chi connectivity index (χ1) is 8.17. The maximum atomic E-state index is 11.3. The fraction of sp³-hybridized carbons (Fsp3) is 0.167. The summed E-state index contributed by atoms with van der Waals surface area (Å²) in [5, 5.41) is 12.2. The Bertz CT molecular complexity index is 460. The van der Waals surface area contributed by atoms with E-state index in [4.69, 9.17) is 21.6 Å². The van der Waals surface area contributed by atoms with E-state index in [1.54, 1.807) is 37.3 Å². The zero-order valence-electron chi connectivity index (χ0n) is 9.24. The molecule has 0 aliphatic heterocycles. The van der Waals surface area contributed by atoms with Gasteiger partial charge in [0.2, 0.25) is 0 Å². The zero-order chi connectivity index (χ0) is 12.7. The normalized spacial score (nSPS) is 10.5. The van der Waals surface area contributed by atoms with Crippen molar-refractivity contribution in [1.29, 1.82) is 5.26 Å². The molecule has 0 bridgehead atoms. The van der Waals surface area contributed by atoms with Crippen molar-refractivity contribution in [2.45, 2.75) is 6.92 Å². The van der Waals surface area contributed by atoms with Gasteiger partial charge in [-0.05, 0) is 31.2 Å². The lowest BCUT2D eigenvalue weighted by Crippen LogP contribution is -2.07. The van der Waals surface area contributed by atoms with Crippen molar-refractivity contribution >= 4 is 23.3 Å². The summed E-state index contributed by atoms with van der Waals surface area (Å²) in [7, 11) is 0. The Labute approximate surface area is 104 Å². The number of carbonyl (C=O) groups is 1.